The number of fused-ring (bicyclic) bond motifs is 1. The van der Waals surface area contributed by atoms with Crippen LogP contribution in [0.25, 0.3) is 16.7 Å². The van der Waals surface area contributed by atoms with Crippen molar-refractivity contribution in [2.24, 2.45) is 0 Å². The van der Waals surface area contributed by atoms with Gasteiger partial charge in [-0.05, 0) is 43.3 Å². The fourth-order valence-electron chi connectivity index (χ4n) is 2.38. The van der Waals surface area contributed by atoms with Crippen LogP contribution in [0.5, 0.6) is 5.75 Å². The number of ether oxygens (including phenoxy) is 1. The summed E-state index contributed by atoms with van der Waals surface area (Å²) in [6.07, 6.45) is 0. The van der Waals surface area contributed by atoms with Crippen molar-refractivity contribution in [1.82, 2.24) is 9.55 Å². The number of imidazole rings is 1. The highest BCUT2D eigenvalue weighted by Gasteiger charge is 2.18. The maximum absolute atomic E-state index is 6.32. The predicted octanol–water partition coefficient (Wildman–Crippen LogP) is 5.10. The molecule has 0 bridgehead atoms. The molecule has 2 aromatic carbocycles. The summed E-state index contributed by atoms with van der Waals surface area (Å²) in [4.78, 5) is 4.68. The molecule has 0 saturated heterocycles. The van der Waals surface area contributed by atoms with Crippen LogP contribution in [0.4, 0.5) is 0 Å². The molecule has 0 aliphatic rings. The van der Waals surface area contributed by atoms with Gasteiger partial charge in [-0.2, -0.15) is 0 Å². The molecule has 0 aliphatic heterocycles. The molecule has 3 rings (SSSR count). The van der Waals surface area contributed by atoms with Crippen LogP contribution in [0.3, 0.4) is 0 Å². The predicted molar refractivity (Wildman–Crippen MR) is 89.6 cm³/mol. The molecule has 21 heavy (non-hydrogen) atoms. The summed E-state index contributed by atoms with van der Waals surface area (Å²) < 4.78 is 8.51. The zero-order chi connectivity index (χ0) is 15.0. The van der Waals surface area contributed by atoms with Gasteiger partial charge in [0.05, 0.1) is 18.0 Å². The largest absolute Gasteiger partial charge is 0.494 e. The number of aromatic nitrogens is 2. The number of para-hydroxylation sites is 1. The van der Waals surface area contributed by atoms with Gasteiger partial charge >= 0.3 is 0 Å². The molecule has 5 heteroatoms. The second-order valence-corrected chi connectivity index (χ2v) is 6.30. The highest BCUT2D eigenvalue weighted by Crippen LogP contribution is 2.32. The first-order valence-electron chi connectivity index (χ1n) is 6.57. The van der Waals surface area contributed by atoms with E-state index in [4.69, 9.17) is 16.3 Å². The van der Waals surface area contributed by atoms with E-state index in [9.17, 15) is 0 Å². The Hall–Kier alpha value is -1.52. The zero-order valence-corrected chi connectivity index (χ0v) is 14.0. The first kappa shape index (κ1) is 14.4. The monoisotopic (exact) mass is 364 g/mol. The van der Waals surface area contributed by atoms with Crippen molar-refractivity contribution < 1.29 is 4.74 Å². The Labute approximate surface area is 136 Å². The molecule has 0 aliphatic carbocycles. The summed E-state index contributed by atoms with van der Waals surface area (Å²) in [5.41, 5.74) is 2.83. The molecule has 0 saturated carbocycles. The van der Waals surface area contributed by atoms with Crippen molar-refractivity contribution in [1.29, 1.82) is 0 Å². The van der Waals surface area contributed by atoms with Gasteiger partial charge in [-0.3, -0.25) is 4.57 Å². The van der Waals surface area contributed by atoms with Gasteiger partial charge in [0.2, 0.25) is 0 Å². The van der Waals surface area contributed by atoms with E-state index in [0.717, 1.165) is 32.8 Å². The molecule has 0 fully saturated rings. The van der Waals surface area contributed by atoms with Crippen molar-refractivity contribution in [3.05, 3.63) is 52.8 Å². The average Bonchev–Trinajstić information content (AvgIpc) is 2.87. The van der Waals surface area contributed by atoms with Crippen molar-refractivity contribution in [3.63, 3.8) is 0 Å². The minimum atomic E-state index is -0.203. The highest BCUT2D eigenvalue weighted by molar-refractivity contribution is 9.10. The van der Waals surface area contributed by atoms with Crippen molar-refractivity contribution >= 4 is 38.6 Å². The van der Waals surface area contributed by atoms with Crippen LogP contribution < -0.4 is 4.74 Å². The first-order valence-corrected chi connectivity index (χ1v) is 7.80. The van der Waals surface area contributed by atoms with Gasteiger partial charge in [-0.25, -0.2) is 4.98 Å². The molecule has 0 spiro atoms. The van der Waals surface area contributed by atoms with E-state index in [1.165, 1.54) is 0 Å². The minimum Gasteiger partial charge on any atom is -0.494 e. The van der Waals surface area contributed by atoms with Crippen LogP contribution in [0, 0.1) is 0 Å². The van der Waals surface area contributed by atoms with E-state index in [1.54, 1.807) is 7.11 Å². The highest BCUT2D eigenvalue weighted by atomic mass is 79.9. The maximum Gasteiger partial charge on any atom is 0.146 e. The molecule has 3 aromatic rings. The molecule has 1 heterocycles. The SMILES string of the molecule is COc1cccc2c1nc(C(C)Cl)n2-c1ccc(Br)cc1. The van der Waals surface area contributed by atoms with E-state index >= 15 is 0 Å². The third-order valence-corrected chi connectivity index (χ3v) is 4.06. The Balaban J connectivity index is 2.33. The summed E-state index contributed by atoms with van der Waals surface area (Å²) in [6, 6.07) is 14.0. The Bertz CT molecular complexity index is 781. The van der Waals surface area contributed by atoms with Gasteiger partial charge in [0.25, 0.3) is 0 Å². The Morgan fingerprint density at radius 3 is 2.52 bits per heavy atom. The van der Waals surface area contributed by atoms with E-state index < -0.39 is 0 Å². The molecular weight excluding hydrogens is 352 g/mol. The molecule has 0 amide bonds. The Morgan fingerprint density at radius 2 is 1.90 bits per heavy atom. The molecule has 1 atom stereocenters. The van der Waals surface area contributed by atoms with Crippen LogP contribution in [-0.4, -0.2) is 16.7 Å². The lowest BCUT2D eigenvalue weighted by molar-refractivity contribution is 0.419. The van der Waals surface area contributed by atoms with Crippen molar-refractivity contribution in [2.75, 3.05) is 7.11 Å². The maximum atomic E-state index is 6.32. The van der Waals surface area contributed by atoms with Crippen LogP contribution in [-0.2, 0) is 0 Å². The second kappa shape index (κ2) is 5.70. The fraction of sp³-hybridized carbons (Fsp3) is 0.188. The third-order valence-electron chi connectivity index (χ3n) is 3.33. The van der Waals surface area contributed by atoms with Gasteiger partial charge < -0.3 is 4.74 Å². The van der Waals surface area contributed by atoms with Gasteiger partial charge in [-0.15, -0.1) is 11.6 Å². The first-order chi connectivity index (χ1) is 10.1. The van der Waals surface area contributed by atoms with E-state index in [-0.39, 0.29) is 5.38 Å². The Kier molecular flexibility index (Phi) is 3.91. The molecule has 108 valence electrons. The van der Waals surface area contributed by atoms with E-state index in [0.29, 0.717) is 0 Å². The van der Waals surface area contributed by atoms with E-state index in [2.05, 4.69) is 25.5 Å². The number of hydrogen-bond donors (Lipinski definition) is 0. The Morgan fingerprint density at radius 1 is 1.19 bits per heavy atom. The number of rotatable bonds is 3. The number of nitrogens with zero attached hydrogens (tertiary/aromatic N) is 2. The number of hydrogen-bond acceptors (Lipinski definition) is 2. The third kappa shape index (κ3) is 2.54. The summed E-state index contributed by atoms with van der Waals surface area (Å²) >= 11 is 9.78. The van der Waals surface area contributed by atoms with Crippen LogP contribution in [0.2, 0.25) is 0 Å². The summed E-state index contributed by atoms with van der Waals surface area (Å²) in [6.45, 7) is 1.92. The lowest BCUT2D eigenvalue weighted by atomic mass is 10.2. The number of methoxy groups -OCH3 is 1. The number of benzene rings is 2. The number of alkyl halides is 1. The number of halogens is 2. The molecular formula is C16H14BrClN2O. The van der Waals surface area contributed by atoms with Gasteiger partial charge in [0.15, 0.2) is 0 Å². The van der Waals surface area contributed by atoms with Crippen molar-refractivity contribution in [3.8, 4) is 11.4 Å². The quantitative estimate of drug-likeness (QED) is 0.604. The van der Waals surface area contributed by atoms with Crippen LogP contribution in [0.1, 0.15) is 18.1 Å². The topological polar surface area (TPSA) is 27.1 Å². The average molecular weight is 366 g/mol. The van der Waals surface area contributed by atoms with Crippen LogP contribution >= 0.6 is 27.5 Å². The molecule has 0 radical (unpaired) electrons. The molecule has 1 aromatic heterocycles. The standard InChI is InChI=1S/C16H14BrClN2O/c1-10(18)16-19-15-13(4-3-5-14(15)21-2)20(16)12-8-6-11(17)7-9-12/h3-10H,1-2H3. The van der Waals surface area contributed by atoms with Gasteiger partial charge in [0, 0.05) is 10.2 Å². The fourth-order valence-corrected chi connectivity index (χ4v) is 2.80. The zero-order valence-electron chi connectivity index (χ0n) is 11.7. The molecule has 3 nitrogen and oxygen atoms in total. The van der Waals surface area contributed by atoms with Gasteiger partial charge in [0.1, 0.15) is 17.1 Å². The molecule has 1 unspecified atom stereocenters. The second-order valence-electron chi connectivity index (χ2n) is 4.73. The minimum absolute atomic E-state index is 0.203. The summed E-state index contributed by atoms with van der Waals surface area (Å²) in [5, 5.41) is -0.203. The van der Waals surface area contributed by atoms with E-state index in [1.807, 2.05) is 49.4 Å². The van der Waals surface area contributed by atoms with Crippen molar-refractivity contribution in [2.45, 2.75) is 12.3 Å². The normalized spacial score (nSPS) is 12.6. The molecule has 0 N–H and O–H groups in total. The lowest BCUT2D eigenvalue weighted by Gasteiger charge is -2.10. The lowest BCUT2D eigenvalue weighted by Crippen LogP contribution is -2.01. The summed E-state index contributed by atoms with van der Waals surface area (Å²) in [7, 11) is 1.65. The smallest absolute Gasteiger partial charge is 0.146 e. The summed E-state index contributed by atoms with van der Waals surface area (Å²) in [5.74, 6) is 1.56. The van der Waals surface area contributed by atoms with Crippen LogP contribution in [0.15, 0.2) is 46.9 Å². The van der Waals surface area contributed by atoms with Gasteiger partial charge in [-0.1, -0.05) is 22.0 Å².